The number of benzene rings is 2. The quantitative estimate of drug-likeness (QED) is 0.206. The zero-order chi connectivity index (χ0) is 22.1. The SMILES string of the molecule is CCn1c2ccccc2c2nnc(N/N=C/c3ccc(OC(=O)C4CC4)c(OC)c3)nc21. The fourth-order valence-corrected chi connectivity index (χ4v) is 3.60. The number of ether oxygens (including phenoxy) is 2. The minimum atomic E-state index is -0.212. The molecule has 0 atom stereocenters. The first kappa shape index (κ1) is 19.9. The summed E-state index contributed by atoms with van der Waals surface area (Å²) in [6, 6.07) is 13.3. The minimum absolute atomic E-state index is 0.0162. The first-order chi connectivity index (χ1) is 15.7. The Bertz CT molecular complexity index is 1340. The summed E-state index contributed by atoms with van der Waals surface area (Å²) < 4.78 is 12.9. The molecule has 1 saturated carbocycles. The van der Waals surface area contributed by atoms with Crippen molar-refractivity contribution in [2.75, 3.05) is 12.5 Å². The number of aryl methyl sites for hydroxylation is 1. The highest BCUT2D eigenvalue weighted by Gasteiger charge is 2.32. The van der Waals surface area contributed by atoms with Crippen molar-refractivity contribution in [3.05, 3.63) is 48.0 Å². The Hall–Kier alpha value is -4.01. The van der Waals surface area contributed by atoms with E-state index in [9.17, 15) is 4.79 Å². The molecule has 1 aliphatic carbocycles. The molecule has 0 radical (unpaired) electrons. The van der Waals surface area contributed by atoms with Crippen molar-refractivity contribution in [2.45, 2.75) is 26.3 Å². The molecular formula is C23H22N6O3. The molecule has 5 rings (SSSR count). The molecule has 0 spiro atoms. The van der Waals surface area contributed by atoms with Crippen molar-refractivity contribution < 1.29 is 14.3 Å². The number of carbonyl (C=O) groups is 1. The van der Waals surface area contributed by atoms with Crippen molar-refractivity contribution in [1.29, 1.82) is 0 Å². The van der Waals surface area contributed by atoms with E-state index in [-0.39, 0.29) is 11.9 Å². The van der Waals surface area contributed by atoms with Crippen LogP contribution in [0.5, 0.6) is 11.5 Å². The molecule has 9 nitrogen and oxygen atoms in total. The number of hydrogen-bond acceptors (Lipinski definition) is 8. The molecule has 9 heteroatoms. The highest BCUT2D eigenvalue weighted by Crippen LogP contribution is 2.34. The summed E-state index contributed by atoms with van der Waals surface area (Å²) in [4.78, 5) is 16.5. The summed E-state index contributed by atoms with van der Waals surface area (Å²) in [7, 11) is 1.53. The lowest BCUT2D eigenvalue weighted by Gasteiger charge is -2.09. The van der Waals surface area contributed by atoms with Crippen LogP contribution in [0.1, 0.15) is 25.3 Å². The van der Waals surface area contributed by atoms with Crippen LogP contribution in [0, 0.1) is 5.92 Å². The predicted molar refractivity (Wildman–Crippen MR) is 121 cm³/mol. The standard InChI is InChI=1S/C23H22N6O3/c1-3-29-17-7-5-4-6-16(17)20-21(29)25-23(28-26-20)27-24-13-14-8-11-18(19(12-14)31-2)32-22(30)15-9-10-15/h4-8,11-13,15H,3,9-10H2,1-2H3,(H,25,27,28)/b24-13+. The lowest BCUT2D eigenvalue weighted by Crippen LogP contribution is -2.10. The Morgan fingerprint density at radius 2 is 2.06 bits per heavy atom. The number of rotatable bonds is 7. The fourth-order valence-electron chi connectivity index (χ4n) is 3.60. The summed E-state index contributed by atoms with van der Waals surface area (Å²) in [5.41, 5.74) is 6.18. The van der Waals surface area contributed by atoms with Crippen LogP contribution >= 0.6 is 0 Å². The lowest BCUT2D eigenvalue weighted by molar-refractivity contribution is -0.135. The molecule has 32 heavy (non-hydrogen) atoms. The predicted octanol–water partition coefficient (Wildman–Crippen LogP) is 3.77. The summed E-state index contributed by atoms with van der Waals surface area (Å²) in [5.74, 6) is 0.973. The smallest absolute Gasteiger partial charge is 0.314 e. The van der Waals surface area contributed by atoms with E-state index in [1.54, 1.807) is 24.4 Å². The van der Waals surface area contributed by atoms with Gasteiger partial charge in [-0.2, -0.15) is 10.1 Å². The molecule has 1 N–H and O–H groups in total. The number of hydrogen-bond donors (Lipinski definition) is 1. The molecule has 0 unspecified atom stereocenters. The second-order valence-electron chi connectivity index (χ2n) is 7.54. The molecule has 0 saturated heterocycles. The van der Waals surface area contributed by atoms with Gasteiger partial charge in [0.15, 0.2) is 17.1 Å². The molecule has 162 valence electrons. The van der Waals surface area contributed by atoms with E-state index < -0.39 is 0 Å². The molecule has 2 aromatic heterocycles. The van der Waals surface area contributed by atoms with Crippen molar-refractivity contribution in [2.24, 2.45) is 11.0 Å². The molecular weight excluding hydrogens is 408 g/mol. The van der Waals surface area contributed by atoms with Crippen LogP contribution in [-0.4, -0.2) is 39.0 Å². The Morgan fingerprint density at radius 3 is 2.84 bits per heavy atom. The maximum atomic E-state index is 11.9. The zero-order valence-electron chi connectivity index (χ0n) is 17.8. The number of aromatic nitrogens is 4. The van der Waals surface area contributed by atoms with Gasteiger partial charge in [0.2, 0.25) is 0 Å². The van der Waals surface area contributed by atoms with Gasteiger partial charge in [-0.1, -0.05) is 18.2 Å². The second-order valence-corrected chi connectivity index (χ2v) is 7.54. The number of fused-ring (bicyclic) bond motifs is 3. The van der Waals surface area contributed by atoms with Gasteiger partial charge >= 0.3 is 5.97 Å². The zero-order valence-corrected chi connectivity index (χ0v) is 17.8. The van der Waals surface area contributed by atoms with Gasteiger partial charge in [0.25, 0.3) is 5.95 Å². The summed E-state index contributed by atoms with van der Waals surface area (Å²) >= 11 is 0. The average molecular weight is 430 g/mol. The van der Waals surface area contributed by atoms with Crippen LogP contribution in [0.25, 0.3) is 22.1 Å². The van der Waals surface area contributed by atoms with Crippen LogP contribution in [0.15, 0.2) is 47.6 Å². The van der Waals surface area contributed by atoms with E-state index in [0.717, 1.165) is 47.0 Å². The van der Waals surface area contributed by atoms with E-state index in [1.807, 2.05) is 24.3 Å². The molecule has 0 aliphatic heterocycles. The van der Waals surface area contributed by atoms with E-state index in [4.69, 9.17) is 9.47 Å². The van der Waals surface area contributed by atoms with Crippen molar-refractivity contribution in [3.8, 4) is 11.5 Å². The molecule has 2 heterocycles. The van der Waals surface area contributed by atoms with Crippen molar-refractivity contribution in [3.63, 3.8) is 0 Å². The maximum absolute atomic E-state index is 11.9. The van der Waals surface area contributed by atoms with Crippen LogP contribution in [0.3, 0.4) is 0 Å². The maximum Gasteiger partial charge on any atom is 0.314 e. The van der Waals surface area contributed by atoms with Crippen molar-refractivity contribution >= 4 is 40.2 Å². The second kappa shape index (κ2) is 8.26. The number of nitrogens with zero attached hydrogens (tertiary/aromatic N) is 5. The minimum Gasteiger partial charge on any atom is -0.493 e. The van der Waals surface area contributed by atoms with Gasteiger partial charge in [-0.05, 0) is 49.6 Å². The largest absolute Gasteiger partial charge is 0.493 e. The number of para-hydroxylation sites is 1. The summed E-state index contributed by atoms with van der Waals surface area (Å²) in [5, 5.41) is 13.8. The summed E-state index contributed by atoms with van der Waals surface area (Å²) in [6.45, 7) is 2.83. The molecule has 0 amide bonds. The highest BCUT2D eigenvalue weighted by atomic mass is 16.6. The van der Waals surface area contributed by atoms with E-state index in [2.05, 4.69) is 37.2 Å². The third-order valence-electron chi connectivity index (χ3n) is 5.38. The lowest BCUT2D eigenvalue weighted by atomic mass is 10.2. The van der Waals surface area contributed by atoms with Crippen molar-refractivity contribution in [1.82, 2.24) is 19.7 Å². The van der Waals surface area contributed by atoms with E-state index in [1.165, 1.54) is 7.11 Å². The number of hydrazone groups is 1. The number of methoxy groups -OCH3 is 1. The first-order valence-electron chi connectivity index (χ1n) is 10.5. The fraction of sp³-hybridized carbons (Fsp3) is 0.261. The Balaban J connectivity index is 1.35. The van der Waals surface area contributed by atoms with Crippen LogP contribution in [-0.2, 0) is 11.3 Å². The number of nitrogens with one attached hydrogen (secondary N) is 1. The van der Waals surface area contributed by atoms with Gasteiger partial charge in [-0.15, -0.1) is 10.2 Å². The molecule has 0 bridgehead atoms. The monoisotopic (exact) mass is 430 g/mol. The molecule has 1 fully saturated rings. The number of anilines is 1. The molecule has 4 aromatic rings. The van der Waals surface area contributed by atoms with Gasteiger partial charge in [-0.25, -0.2) is 5.43 Å². The first-order valence-corrected chi connectivity index (χ1v) is 10.5. The highest BCUT2D eigenvalue weighted by molar-refractivity contribution is 6.04. The van der Waals surface area contributed by atoms with Gasteiger partial charge in [0.05, 0.1) is 24.8 Å². The third-order valence-corrected chi connectivity index (χ3v) is 5.38. The van der Waals surface area contributed by atoms with Crippen LogP contribution in [0.2, 0.25) is 0 Å². The third kappa shape index (κ3) is 3.73. The van der Waals surface area contributed by atoms with Gasteiger partial charge in [0.1, 0.15) is 5.52 Å². The normalized spacial score (nSPS) is 13.7. The van der Waals surface area contributed by atoms with E-state index >= 15 is 0 Å². The van der Waals surface area contributed by atoms with Gasteiger partial charge < -0.3 is 14.0 Å². The molecule has 1 aliphatic rings. The number of carbonyl (C=O) groups excluding carboxylic acids is 1. The Labute approximate surface area is 184 Å². The Morgan fingerprint density at radius 1 is 1.22 bits per heavy atom. The van der Waals surface area contributed by atoms with E-state index in [0.29, 0.717) is 17.4 Å². The summed E-state index contributed by atoms with van der Waals surface area (Å²) in [6.07, 6.45) is 3.39. The topological polar surface area (TPSA) is 104 Å². The van der Waals surface area contributed by atoms with Gasteiger partial charge in [0, 0.05) is 11.9 Å². The van der Waals surface area contributed by atoms with Gasteiger partial charge in [-0.3, -0.25) is 4.79 Å². The Kier molecular flexibility index (Phi) is 5.14. The van der Waals surface area contributed by atoms with Crippen LogP contribution in [0.4, 0.5) is 5.95 Å². The number of esters is 1. The van der Waals surface area contributed by atoms with Crippen LogP contribution < -0.4 is 14.9 Å². The molecule has 2 aromatic carbocycles. The average Bonchev–Trinajstić information content (AvgIpc) is 3.62.